The molecule has 4 aliphatic rings. The van der Waals surface area contributed by atoms with E-state index in [2.05, 4.69) is 6.08 Å². The standard InChI is InChI=1S/C24H30O7/c25-22-14-19-18(20(15-21(19)30-22)31-23-8-4-5-11-26-23)9-10-24(28-12-13-29-24)16-27-17-6-2-1-3-7-17/h1-3,6-7,9-10,18-21,23H,4-5,8,11-16H2/b10-9+/t18-,19-,20-,21+,23?/m1/s1. The first-order valence-corrected chi connectivity index (χ1v) is 11.3. The molecule has 168 valence electrons. The lowest BCUT2D eigenvalue weighted by Crippen LogP contribution is -2.36. The number of fused-ring (bicyclic) bond motifs is 1. The second kappa shape index (κ2) is 9.28. The van der Waals surface area contributed by atoms with Crippen molar-refractivity contribution < 1.29 is 33.2 Å². The largest absolute Gasteiger partial charge is 0.488 e. The average molecular weight is 430 g/mol. The van der Waals surface area contributed by atoms with Gasteiger partial charge in [-0.05, 0) is 37.5 Å². The molecule has 3 heterocycles. The molecule has 3 aliphatic heterocycles. The lowest BCUT2D eigenvalue weighted by Gasteiger charge is -2.29. The summed E-state index contributed by atoms with van der Waals surface area (Å²) >= 11 is 0. The number of para-hydroxylation sites is 1. The smallest absolute Gasteiger partial charge is 0.306 e. The molecule has 1 aromatic carbocycles. The lowest BCUT2D eigenvalue weighted by atomic mass is 9.91. The molecule has 7 heteroatoms. The maximum Gasteiger partial charge on any atom is 0.306 e. The SMILES string of the molecule is O=C1C[C@@H]2[C@@H](/C=C/C3(COc4ccccc4)OCCO3)[C@H](OC3CCCCO3)C[C@@H]2O1. The van der Waals surface area contributed by atoms with Crippen LogP contribution in [0.25, 0.3) is 0 Å². The van der Waals surface area contributed by atoms with Gasteiger partial charge in [0.2, 0.25) is 5.79 Å². The highest BCUT2D eigenvalue weighted by Gasteiger charge is 2.51. The molecule has 1 aliphatic carbocycles. The molecular weight excluding hydrogens is 400 g/mol. The third kappa shape index (κ3) is 4.80. The highest BCUT2D eigenvalue weighted by Crippen LogP contribution is 2.44. The average Bonchev–Trinajstić information content (AvgIpc) is 3.48. The van der Waals surface area contributed by atoms with Crippen molar-refractivity contribution in [2.45, 2.75) is 56.4 Å². The van der Waals surface area contributed by atoms with Gasteiger partial charge in [-0.3, -0.25) is 4.79 Å². The van der Waals surface area contributed by atoms with Crippen LogP contribution in [0.5, 0.6) is 5.75 Å². The Hall–Kier alpha value is -1.93. The summed E-state index contributed by atoms with van der Waals surface area (Å²) in [5.41, 5.74) is 0. The predicted octanol–water partition coefficient (Wildman–Crippen LogP) is 3.23. The Morgan fingerprint density at radius 3 is 2.71 bits per heavy atom. The van der Waals surface area contributed by atoms with E-state index in [9.17, 15) is 4.79 Å². The summed E-state index contributed by atoms with van der Waals surface area (Å²) in [6, 6.07) is 9.62. The summed E-state index contributed by atoms with van der Waals surface area (Å²) < 4.78 is 35.5. The molecule has 5 atom stereocenters. The van der Waals surface area contributed by atoms with Crippen LogP contribution in [0.15, 0.2) is 42.5 Å². The highest BCUT2D eigenvalue weighted by atomic mass is 16.8. The number of hydrogen-bond donors (Lipinski definition) is 0. The summed E-state index contributed by atoms with van der Waals surface area (Å²) in [5.74, 6) is -0.172. The number of ether oxygens (including phenoxy) is 6. The van der Waals surface area contributed by atoms with Crippen LogP contribution in [0.3, 0.4) is 0 Å². The van der Waals surface area contributed by atoms with Gasteiger partial charge in [0, 0.05) is 24.9 Å². The predicted molar refractivity (Wildman–Crippen MR) is 110 cm³/mol. The normalized spacial score (nSPS) is 34.7. The van der Waals surface area contributed by atoms with Gasteiger partial charge in [-0.2, -0.15) is 0 Å². The summed E-state index contributed by atoms with van der Waals surface area (Å²) in [4.78, 5) is 11.9. The topological polar surface area (TPSA) is 72.5 Å². The van der Waals surface area contributed by atoms with Gasteiger partial charge in [0.15, 0.2) is 6.29 Å². The minimum atomic E-state index is -0.941. The van der Waals surface area contributed by atoms with E-state index in [0.29, 0.717) is 26.1 Å². The first kappa shape index (κ1) is 20.9. The Kier molecular flexibility index (Phi) is 6.27. The Bertz CT molecular complexity index is 767. The Morgan fingerprint density at radius 2 is 1.94 bits per heavy atom. The van der Waals surface area contributed by atoms with Gasteiger partial charge in [0.25, 0.3) is 0 Å². The first-order chi connectivity index (χ1) is 15.2. The highest BCUT2D eigenvalue weighted by molar-refractivity contribution is 5.72. The van der Waals surface area contributed by atoms with Crippen LogP contribution in [0.1, 0.15) is 32.1 Å². The molecule has 1 unspecified atom stereocenters. The van der Waals surface area contributed by atoms with E-state index in [1.54, 1.807) is 0 Å². The van der Waals surface area contributed by atoms with E-state index < -0.39 is 5.79 Å². The van der Waals surface area contributed by atoms with E-state index >= 15 is 0 Å². The number of esters is 1. The van der Waals surface area contributed by atoms with Crippen LogP contribution < -0.4 is 4.74 Å². The lowest BCUT2D eigenvalue weighted by molar-refractivity contribution is -0.194. The van der Waals surface area contributed by atoms with Crippen molar-refractivity contribution in [1.82, 2.24) is 0 Å². The van der Waals surface area contributed by atoms with E-state index in [1.807, 2.05) is 36.4 Å². The fourth-order valence-electron chi connectivity index (χ4n) is 4.98. The van der Waals surface area contributed by atoms with Gasteiger partial charge >= 0.3 is 5.97 Å². The molecular formula is C24H30O7. The van der Waals surface area contributed by atoms with Crippen molar-refractivity contribution in [2.75, 3.05) is 26.4 Å². The molecule has 7 nitrogen and oxygen atoms in total. The minimum absolute atomic E-state index is 0.0309. The van der Waals surface area contributed by atoms with Gasteiger partial charge in [-0.1, -0.05) is 24.3 Å². The fraction of sp³-hybridized carbons (Fsp3) is 0.625. The van der Waals surface area contributed by atoms with E-state index in [1.165, 1.54) is 0 Å². The Labute approximate surface area is 182 Å². The van der Waals surface area contributed by atoms with Crippen LogP contribution in [0.4, 0.5) is 0 Å². The van der Waals surface area contributed by atoms with Crippen LogP contribution in [-0.2, 0) is 28.5 Å². The van der Waals surface area contributed by atoms with Crippen molar-refractivity contribution in [3.05, 3.63) is 42.5 Å². The zero-order valence-corrected chi connectivity index (χ0v) is 17.6. The van der Waals surface area contributed by atoms with Crippen molar-refractivity contribution in [3.63, 3.8) is 0 Å². The molecule has 3 saturated heterocycles. The third-order valence-corrected chi connectivity index (χ3v) is 6.55. The molecule has 4 fully saturated rings. The zero-order valence-electron chi connectivity index (χ0n) is 17.6. The molecule has 5 rings (SSSR count). The summed E-state index contributed by atoms with van der Waals surface area (Å²) in [5, 5.41) is 0. The van der Waals surface area contributed by atoms with Crippen LogP contribution in [0.2, 0.25) is 0 Å². The second-order valence-electron chi connectivity index (χ2n) is 8.65. The van der Waals surface area contributed by atoms with Crippen molar-refractivity contribution in [1.29, 1.82) is 0 Å². The number of benzene rings is 1. The first-order valence-electron chi connectivity index (χ1n) is 11.3. The summed E-state index contributed by atoms with van der Waals surface area (Å²) in [6.45, 7) is 2.01. The fourth-order valence-corrected chi connectivity index (χ4v) is 4.98. The molecule has 0 bridgehead atoms. The van der Waals surface area contributed by atoms with Gasteiger partial charge in [0.05, 0.1) is 25.7 Å². The summed E-state index contributed by atoms with van der Waals surface area (Å²) in [7, 11) is 0. The van der Waals surface area contributed by atoms with E-state index in [4.69, 9.17) is 28.4 Å². The maximum atomic E-state index is 11.9. The van der Waals surface area contributed by atoms with Gasteiger partial charge in [-0.25, -0.2) is 0 Å². The summed E-state index contributed by atoms with van der Waals surface area (Å²) in [6.07, 6.45) is 7.89. The number of carbonyl (C=O) groups excluding carboxylic acids is 1. The van der Waals surface area contributed by atoms with Gasteiger partial charge in [0.1, 0.15) is 18.5 Å². The van der Waals surface area contributed by atoms with Crippen LogP contribution >= 0.6 is 0 Å². The zero-order chi connectivity index (χ0) is 21.1. The van der Waals surface area contributed by atoms with Crippen molar-refractivity contribution in [3.8, 4) is 5.75 Å². The molecule has 0 radical (unpaired) electrons. The Balaban J connectivity index is 1.30. The number of hydrogen-bond acceptors (Lipinski definition) is 7. The van der Waals surface area contributed by atoms with Gasteiger partial charge < -0.3 is 28.4 Å². The molecule has 0 aromatic heterocycles. The van der Waals surface area contributed by atoms with Crippen LogP contribution in [0, 0.1) is 11.8 Å². The minimum Gasteiger partial charge on any atom is -0.488 e. The molecule has 1 saturated carbocycles. The molecule has 31 heavy (non-hydrogen) atoms. The number of carbonyl (C=O) groups is 1. The van der Waals surface area contributed by atoms with Crippen molar-refractivity contribution in [2.24, 2.45) is 11.8 Å². The van der Waals surface area contributed by atoms with Crippen molar-refractivity contribution >= 4 is 5.97 Å². The van der Waals surface area contributed by atoms with Crippen LogP contribution in [-0.4, -0.2) is 56.7 Å². The van der Waals surface area contributed by atoms with E-state index in [-0.39, 0.29) is 42.9 Å². The molecule has 1 aromatic rings. The monoisotopic (exact) mass is 430 g/mol. The maximum absolute atomic E-state index is 11.9. The quantitative estimate of drug-likeness (QED) is 0.486. The van der Waals surface area contributed by atoms with Gasteiger partial charge in [-0.15, -0.1) is 0 Å². The second-order valence-corrected chi connectivity index (χ2v) is 8.65. The molecule has 0 spiro atoms. The Morgan fingerprint density at radius 1 is 1.10 bits per heavy atom. The number of rotatable bonds is 7. The molecule has 0 amide bonds. The third-order valence-electron chi connectivity index (χ3n) is 6.55. The van der Waals surface area contributed by atoms with E-state index in [0.717, 1.165) is 31.6 Å². The molecule has 0 N–H and O–H groups in total.